The molecule has 5 nitrogen and oxygen atoms in total. The maximum absolute atomic E-state index is 12.3. The van der Waals surface area contributed by atoms with E-state index in [4.69, 9.17) is 4.74 Å². The van der Waals surface area contributed by atoms with Gasteiger partial charge in [-0.25, -0.2) is 4.98 Å². The molecule has 2 rings (SSSR count). The van der Waals surface area contributed by atoms with Gasteiger partial charge in [-0.3, -0.25) is 9.59 Å². The number of carbonyl (C=O) groups excluding carboxylic acids is 2. The maximum atomic E-state index is 12.3. The van der Waals surface area contributed by atoms with Crippen molar-refractivity contribution in [1.29, 1.82) is 0 Å². The van der Waals surface area contributed by atoms with E-state index in [-0.39, 0.29) is 18.0 Å². The van der Waals surface area contributed by atoms with E-state index in [2.05, 4.69) is 4.98 Å². The first kappa shape index (κ1) is 15.0. The lowest BCUT2D eigenvalue weighted by Crippen LogP contribution is -2.17. The van der Waals surface area contributed by atoms with Crippen molar-refractivity contribution in [2.45, 2.75) is 19.3 Å². The van der Waals surface area contributed by atoms with Gasteiger partial charge in [-0.05, 0) is 24.6 Å². The quantitative estimate of drug-likeness (QED) is 0.765. The molecule has 0 bridgehead atoms. The zero-order chi connectivity index (χ0) is 15.4. The van der Waals surface area contributed by atoms with E-state index < -0.39 is 5.92 Å². The van der Waals surface area contributed by atoms with Gasteiger partial charge in [0, 0.05) is 31.8 Å². The highest BCUT2D eigenvalue weighted by atomic mass is 16.5. The fraction of sp³-hybridized carbons (Fsp3) is 0.312. The topological polar surface area (TPSA) is 61.2 Å². The molecule has 5 heteroatoms. The number of rotatable bonds is 6. The predicted molar refractivity (Wildman–Crippen MR) is 78.6 cm³/mol. The highest BCUT2D eigenvalue weighted by molar-refractivity contribution is 5.97. The van der Waals surface area contributed by atoms with Crippen LogP contribution >= 0.6 is 0 Å². The van der Waals surface area contributed by atoms with Gasteiger partial charge < -0.3 is 9.30 Å². The number of methoxy groups -OCH3 is 1. The minimum Gasteiger partial charge on any atom is -0.497 e. The predicted octanol–water partition coefficient (Wildman–Crippen LogP) is 2.37. The lowest BCUT2D eigenvalue weighted by molar-refractivity contribution is -0.118. The Balaban J connectivity index is 2.21. The van der Waals surface area contributed by atoms with Gasteiger partial charge in [-0.15, -0.1) is 0 Å². The van der Waals surface area contributed by atoms with Gasteiger partial charge in [0.1, 0.15) is 11.5 Å². The minimum atomic E-state index is -0.458. The summed E-state index contributed by atoms with van der Waals surface area (Å²) in [4.78, 5) is 28.2. The van der Waals surface area contributed by atoms with Crippen LogP contribution in [0.5, 0.6) is 5.75 Å². The average Bonchev–Trinajstić information content (AvgIpc) is 2.90. The van der Waals surface area contributed by atoms with Gasteiger partial charge in [0.2, 0.25) is 0 Å². The number of aromatic nitrogens is 2. The third-order valence-corrected chi connectivity index (χ3v) is 3.47. The molecule has 1 aromatic heterocycles. The van der Waals surface area contributed by atoms with Crippen LogP contribution in [-0.2, 0) is 11.8 Å². The molecule has 0 radical (unpaired) electrons. The molecule has 0 spiro atoms. The molecule has 0 N–H and O–H groups in total. The number of hydrogen-bond donors (Lipinski definition) is 0. The summed E-state index contributed by atoms with van der Waals surface area (Å²) >= 11 is 0. The summed E-state index contributed by atoms with van der Waals surface area (Å²) in [7, 11) is 3.35. The van der Waals surface area contributed by atoms with Gasteiger partial charge in [0.05, 0.1) is 7.11 Å². The Morgan fingerprint density at radius 3 is 2.43 bits per heavy atom. The molecule has 1 atom stereocenters. The number of imidazole rings is 1. The van der Waals surface area contributed by atoms with Crippen LogP contribution in [0.3, 0.4) is 0 Å². The van der Waals surface area contributed by atoms with Crippen LogP contribution in [0.25, 0.3) is 0 Å². The number of hydrogen-bond acceptors (Lipinski definition) is 4. The molecule has 1 aromatic carbocycles. The summed E-state index contributed by atoms with van der Waals surface area (Å²) in [6, 6.07) is 7.21. The van der Waals surface area contributed by atoms with E-state index in [1.54, 1.807) is 43.3 Å². The number of ether oxygens (including phenoxy) is 1. The first-order valence-corrected chi connectivity index (χ1v) is 6.68. The number of ketones is 2. The van der Waals surface area contributed by atoms with Crippen LogP contribution in [0.2, 0.25) is 0 Å². The molecule has 0 fully saturated rings. The number of benzene rings is 1. The van der Waals surface area contributed by atoms with Crippen molar-refractivity contribution in [2.75, 3.05) is 7.11 Å². The Kier molecular flexibility index (Phi) is 4.52. The molecule has 2 aromatic rings. The lowest BCUT2D eigenvalue weighted by atomic mass is 9.90. The normalized spacial score (nSPS) is 12.0. The lowest BCUT2D eigenvalue weighted by Gasteiger charge is -2.14. The van der Waals surface area contributed by atoms with E-state index in [0.29, 0.717) is 5.82 Å². The van der Waals surface area contributed by atoms with Crippen molar-refractivity contribution in [1.82, 2.24) is 9.55 Å². The van der Waals surface area contributed by atoms with Gasteiger partial charge in [0.15, 0.2) is 11.6 Å². The summed E-state index contributed by atoms with van der Waals surface area (Å²) in [5.41, 5.74) is 0.811. The van der Waals surface area contributed by atoms with E-state index in [1.807, 2.05) is 12.1 Å². The zero-order valence-electron chi connectivity index (χ0n) is 12.4. The van der Waals surface area contributed by atoms with Crippen LogP contribution in [0, 0.1) is 0 Å². The Labute approximate surface area is 123 Å². The van der Waals surface area contributed by atoms with Crippen LogP contribution in [0.1, 0.15) is 35.4 Å². The third-order valence-electron chi connectivity index (χ3n) is 3.47. The van der Waals surface area contributed by atoms with Gasteiger partial charge in [0.25, 0.3) is 0 Å². The van der Waals surface area contributed by atoms with E-state index >= 15 is 0 Å². The second kappa shape index (κ2) is 6.35. The summed E-state index contributed by atoms with van der Waals surface area (Å²) in [6.45, 7) is 1.50. The van der Waals surface area contributed by atoms with Crippen LogP contribution < -0.4 is 4.74 Å². The molecule has 0 amide bonds. The third kappa shape index (κ3) is 3.37. The second-order valence-electron chi connectivity index (χ2n) is 4.93. The minimum absolute atomic E-state index is 0.0391. The maximum Gasteiger partial charge on any atom is 0.199 e. The molecule has 0 aliphatic rings. The van der Waals surface area contributed by atoms with Crippen molar-refractivity contribution in [3.63, 3.8) is 0 Å². The van der Waals surface area contributed by atoms with E-state index in [1.165, 1.54) is 6.92 Å². The van der Waals surface area contributed by atoms with Gasteiger partial charge >= 0.3 is 0 Å². The number of Topliss-reactive ketones (excluding diaryl/α,β-unsaturated/α-hetero) is 2. The summed E-state index contributed by atoms with van der Waals surface area (Å²) in [5.74, 6) is 0.451. The summed E-state index contributed by atoms with van der Waals surface area (Å²) < 4.78 is 6.76. The highest BCUT2D eigenvalue weighted by Crippen LogP contribution is 2.24. The van der Waals surface area contributed by atoms with Crippen molar-refractivity contribution >= 4 is 11.6 Å². The van der Waals surface area contributed by atoms with Crippen molar-refractivity contribution in [3.8, 4) is 5.75 Å². The highest BCUT2D eigenvalue weighted by Gasteiger charge is 2.23. The van der Waals surface area contributed by atoms with Crippen LogP contribution in [0.15, 0.2) is 36.7 Å². The average molecular weight is 286 g/mol. The largest absolute Gasteiger partial charge is 0.497 e. The van der Waals surface area contributed by atoms with Crippen LogP contribution in [-0.4, -0.2) is 28.2 Å². The molecule has 21 heavy (non-hydrogen) atoms. The Bertz CT molecular complexity index is 644. The fourth-order valence-corrected chi connectivity index (χ4v) is 2.24. The molecule has 1 heterocycles. The van der Waals surface area contributed by atoms with Gasteiger partial charge in [-0.1, -0.05) is 12.1 Å². The first-order chi connectivity index (χ1) is 10.0. The zero-order valence-corrected chi connectivity index (χ0v) is 12.4. The first-order valence-electron chi connectivity index (χ1n) is 6.68. The molecular formula is C16H18N2O3. The molecule has 110 valence electrons. The Morgan fingerprint density at radius 1 is 1.29 bits per heavy atom. The molecular weight excluding hydrogens is 268 g/mol. The molecule has 0 aliphatic carbocycles. The molecule has 0 aliphatic heterocycles. The van der Waals surface area contributed by atoms with E-state index in [9.17, 15) is 9.59 Å². The van der Waals surface area contributed by atoms with Crippen molar-refractivity contribution in [2.24, 2.45) is 7.05 Å². The second-order valence-corrected chi connectivity index (χ2v) is 4.93. The van der Waals surface area contributed by atoms with Crippen LogP contribution in [0.4, 0.5) is 0 Å². The monoisotopic (exact) mass is 286 g/mol. The molecule has 1 unspecified atom stereocenters. The Morgan fingerprint density at radius 2 is 1.95 bits per heavy atom. The van der Waals surface area contributed by atoms with Gasteiger partial charge in [-0.2, -0.15) is 0 Å². The standard InChI is InChI=1S/C16H18N2O3/c1-11(19)14(12-4-6-13(21-3)7-5-12)10-15(20)16-17-8-9-18(16)2/h4-9,14H,10H2,1-3H3. The number of nitrogens with zero attached hydrogens (tertiary/aromatic N) is 2. The van der Waals surface area contributed by atoms with Crippen molar-refractivity contribution < 1.29 is 14.3 Å². The number of carbonyl (C=O) groups is 2. The smallest absolute Gasteiger partial charge is 0.199 e. The fourth-order valence-electron chi connectivity index (χ4n) is 2.24. The summed E-state index contributed by atoms with van der Waals surface area (Å²) in [6.07, 6.45) is 3.40. The molecule has 0 saturated heterocycles. The Hall–Kier alpha value is -2.43. The van der Waals surface area contributed by atoms with Crippen molar-refractivity contribution in [3.05, 3.63) is 48.0 Å². The summed E-state index contributed by atoms with van der Waals surface area (Å²) in [5, 5.41) is 0. The van der Waals surface area contributed by atoms with E-state index in [0.717, 1.165) is 11.3 Å². The number of aryl methyl sites for hydroxylation is 1. The molecule has 0 saturated carbocycles. The SMILES string of the molecule is COc1ccc(C(CC(=O)c2nccn2C)C(C)=O)cc1.